The minimum Gasteiger partial charge on any atom is -0.477 e. The van der Waals surface area contributed by atoms with Gasteiger partial charge < -0.3 is 10.4 Å². The number of β-lactam (4-membered cyclic amide) rings is 1. The van der Waals surface area contributed by atoms with Crippen LogP contribution in [0.4, 0.5) is 0 Å². The van der Waals surface area contributed by atoms with Crippen molar-refractivity contribution in [3.05, 3.63) is 86.4 Å². The number of aliphatic carboxylic acids is 1. The van der Waals surface area contributed by atoms with Crippen LogP contribution in [0.5, 0.6) is 0 Å². The number of amides is 2. The van der Waals surface area contributed by atoms with E-state index in [0.29, 0.717) is 11.3 Å². The third-order valence-electron chi connectivity index (χ3n) is 5.49. The van der Waals surface area contributed by atoms with Crippen LogP contribution in [-0.2, 0) is 20.8 Å². The molecular weight excluding hydrogens is 525 g/mol. The number of hydrogen-bond donors (Lipinski definition) is 2. The minimum absolute atomic E-state index is 0.0299. The summed E-state index contributed by atoms with van der Waals surface area (Å²) in [7, 11) is 0. The van der Waals surface area contributed by atoms with Crippen LogP contribution in [0.2, 0.25) is 0 Å². The highest BCUT2D eigenvalue weighted by Crippen LogP contribution is 2.41. The van der Waals surface area contributed by atoms with Gasteiger partial charge in [0.15, 0.2) is 5.43 Å². The van der Waals surface area contributed by atoms with E-state index in [4.69, 9.17) is 0 Å². The van der Waals surface area contributed by atoms with E-state index >= 15 is 0 Å². The van der Waals surface area contributed by atoms with E-state index in [1.807, 2.05) is 41.8 Å². The molecular formula is C24H18N2O5S4. The molecule has 5 rings (SSSR count). The number of allylic oxidation sites excluding steroid dienone is 1. The van der Waals surface area contributed by atoms with Crippen molar-refractivity contribution in [1.82, 2.24) is 10.2 Å². The number of benzene rings is 1. The van der Waals surface area contributed by atoms with Crippen molar-refractivity contribution in [3.8, 4) is 0 Å². The molecule has 1 saturated heterocycles. The summed E-state index contributed by atoms with van der Waals surface area (Å²) in [5, 5.41) is 15.8. The number of nitrogens with one attached hydrogen (secondary N) is 1. The minimum atomic E-state index is -1.19. The summed E-state index contributed by atoms with van der Waals surface area (Å²) < 4.78 is 2.46. The monoisotopic (exact) mass is 542 g/mol. The molecule has 11 heteroatoms. The van der Waals surface area contributed by atoms with Gasteiger partial charge in [0.05, 0.1) is 20.0 Å². The van der Waals surface area contributed by atoms with Crippen molar-refractivity contribution in [2.24, 2.45) is 0 Å². The smallest absolute Gasteiger partial charge is 0.352 e. The number of hydrogen-bond acceptors (Lipinski definition) is 8. The summed E-state index contributed by atoms with van der Waals surface area (Å²) in [6.07, 6.45) is 1.83. The van der Waals surface area contributed by atoms with Crippen molar-refractivity contribution in [2.75, 3.05) is 5.75 Å². The average Bonchev–Trinajstić information content (AvgIpc) is 3.32. The van der Waals surface area contributed by atoms with Crippen LogP contribution in [0.3, 0.4) is 0 Å². The summed E-state index contributed by atoms with van der Waals surface area (Å²) >= 11 is 5.67. The first kappa shape index (κ1) is 23.9. The van der Waals surface area contributed by atoms with Gasteiger partial charge in [-0.2, -0.15) is 0 Å². The van der Waals surface area contributed by atoms with Crippen molar-refractivity contribution in [3.63, 3.8) is 0 Å². The molecule has 3 aromatic rings. The maximum atomic E-state index is 12.8. The van der Waals surface area contributed by atoms with Gasteiger partial charge in [-0.1, -0.05) is 42.1 Å². The summed E-state index contributed by atoms with van der Waals surface area (Å²) in [6, 6.07) is 12.0. The molecule has 0 spiro atoms. The molecule has 2 aliphatic rings. The normalized spacial score (nSPS) is 19.7. The number of thioether (sulfide) groups is 2. The molecule has 2 aliphatic heterocycles. The molecule has 178 valence electrons. The number of carbonyl (C=O) groups is 3. The lowest BCUT2D eigenvalue weighted by Crippen LogP contribution is -2.70. The lowest BCUT2D eigenvalue weighted by Gasteiger charge is -2.49. The first-order valence-electron chi connectivity index (χ1n) is 10.5. The predicted octanol–water partition coefficient (Wildman–Crippen LogP) is 3.91. The molecule has 1 fully saturated rings. The van der Waals surface area contributed by atoms with Crippen molar-refractivity contribution >= 4 is 73.4 Å². The fourth-order valence-corrected chi connectivity index (χ4v) is 8.14. The molecule has 1 unspecified atom stereocenters. The summed E-state index contributed by atoms with van der Waals surface area (Å²) in [6.45, 7) is 0. The van der Waals surface area contributed by atoms with Gasteiger partial charge in [-0.25, -0.2) is 4.79 Å². The molecule has 7 nitrogen and oxygen atoms in total. The molecule has 2 N–H and O–H groups in total. The topological polar surface area (TPSA) is 104 Å². The predicted molar refractivity (Wildman–Crippen MR) is 141 cm³/mol. The van der Waals surface area contributed by atoms with Crippen molar-refractivity contribution < 1.29 is 19.5 Å². The third-order valence-corrected chi connectivity index (χ3v) is 9.89. The van der Waals surface area contributed by atoms with Crippen LogP contribution in [0.15, 0.2) is 79.6 Å². The number of thiophene rings is 1. The summed E-state index contributed by atoms with van der Waals surface area (Å²) in [4.78, 5) is 50.7. The van der Waals surface area contributed by atoms with Crippen molar-refractivity contribution in [2.45, 2.75) is 22.0 Å². The molecule has 0 saturated carbocycles. The highest BCUT2D eigenvalue weighted by atomic mass is 32.2. The first-order chi connectivity index (χ1) is 16.9. The van der Waals surface area contributed by atoms with Gasteiger partial charge in [-0.05, 0) is 34.1 Å². The second-order valence-electron chi connectivity index (χ2n) is 7.76. The summed E-state index contributed by atoms with van der Waals surface area (Å²) in [5.41, 5.74) is 1.25. The Labute approximate surface area is 216 Å². The van der Waals surface area contributed by atoms with Crippen LogP contribution in [0.1, 0.15) is 5.56 Å². The molecule has 0 radical (unpaired) electrons. The number of carboxylic acids is 1. The molecule has 0 aliphatic carbocycles. The second kappa shape index (κ2) is 10.0. The SMILES string of the molecule is O=C(Cc1ccccc1)NC1C(=O)N2C(C(=O)O)=C(C=CSc3cc(=O)c4sccc4s3)CS[C@@H]12. The van der Waals surface area contributed by atoms with Crippen LogP contribution >= 0.6 is 46.2 Å². The van der Waals surface area contributed by atoms with Gasteiger partial charge in [0.1, 0.15) is 17.1 Å². The Kier molecular flexibility index (Phi) is 6.83. The molecule has 2 amide bonds. The van der Waals surface area contributed by atoms with Crippen LogP contribution < -0.4 is 10.7 Å². The Morgan fingerprint density at radius 2 is 2.00 bits per heavy atom. The highest BCUT2D eigenvalue weighted by Gasteiger charge is 2.53. The molecule has 0 bridgehead atoms. The Balaban J connectivity index is 1.28. The van der Waals surface area contributed by atoms with Gasteiger partial charge in [-0.3, -0.25) is 19.3 Å². The van der Waals surface area contributed by atoms with Crippen LogP contribution in [-0.4, -0.2) is 45.0 Å². The maximum Gasteiger partial charge on any atom is 0.352 e. The van der Waals surface area contributed by atoms with Gasteiger partial charge in [0, 0.05) is 11.8 Å². The average molecular weight is 543 g/mol. The van der Waals surface area contributed by atoms with E-state index in [9.17, 15) is 24.3 Å². The highest BCUT2D eigenvalue weighted by molar-refractivity contribution is 8.04. The number of rotatable bonds is 7. The quantitative estimate of drug-likeness (QED) is 0.345. The van der Waals surface area contributed by atoms with Gasteiger partial charge in [0.25, 0.3) is 5.91 Å². The Hall–Kier alpha value is -2.86. The Morgan fingerprint density at radius 3 is 2.77 bits per heavy atom. The number of fused-ring (bicyclic) bond motifs is 2. The third kappa shape index (κ3) is 4.81. The van der Waals surface area contributed by atoms with Crippen LogP contribution in [0.25, 0.3) is 9.40 Å². The second-order valence-corrected chi connectivity index (χ2v) is 12.1. The van der Waals surface area contributed by atoms with E-state index in [1.54, 1.807) is 17.6 Å². The lowest BCUT2D eigenvalue weighted by molar-refractivity contribution is -0.150. The standard InChI is InChI=1S/C24H18N2O5S4/c27-15-11-18(35-16-7-9-33-21(15)16)32-8-6-14-12-34-23-19(22(29)26(23)20(14)24(30)31)25-17(28)10-13-4-2-1-3-5-13/h1-9,11,19,23H,10,12H2,(H,25,28)(H,30,31)/t19?,23-/m0/s1. The van der Waals surface area contributed by atoms with E-state index in [1.165, 1.54) is 51.1 Å². The molecule has 4 heterocycles. The Bertz CT molecular complexity index is 1440. The van der Waals surface area contributed by atoms with E-state index in [0.717, 1.165) is 19.2 Å². The molecule has 1 aromatic carbocycles. The van der Waals surface area contributed by atoms with Gasteiger partial charge >= 0.3 is 5.97 Å². The largest absolute Gasteiger partial charge is 0.477 e. The molecule has 2 aromatic heterocycles. The zero-order valence-electron chi connectivity index (χ0n) is 18.0. The lowest BCUT2D eigenvalue weighted by atomic mass is 10.0. The molecule has 2 atom stereocenters. The fraction of sp³-hybridized carbons (Fsp3) is 0.167. The number of carboxylic acid groups (broad SMARTS) is 1. The summed E-state index contributed by atoms with van der Waals surface area (Å²) in [5.74, 6) is -1.51. The van der Waals surface area contributed by atoms with Gasteiger partial charge in [-0.15, -0.1) is 34.4 Å². The van der Waals surface area contributed by atoms with Crippen molar-refractivity contribution in [1.29, 1.82) is 0 Å². The maximum absolute atomic E-state index is 12.8. The number of carbonyl (C=O) groups excluding carboxylic acids is 2. The van der Waals surface area contributed by atoms with E-state index in [2.05, 4.69) is 5.32 Å². The zero-order chi connectivity index (χ0) is 24.5. The van der Waals surface area contributed by atoms with E-state index < -0.39 is 23.3 Å². The molecule has 35 heavy (non-hydrogen) atoms. The van der Waals surface area contributed by atoms with Gasteiger partial charge in [0.2, 0.25) is 5.91 Å². The first-order valence-corrected chi connectivity index (χ1v) is 14.1. The van der Waals surface area contributed by atoms with E-state index in [-0.39, 0.29) is 23.5 Å². The zero-order valence-corrected chi connectivity index (χ0v) is 21.3. The van der Waals surface area contributed by atoms with Crippen LogP contribution in [0, 0.1) is 0 Å². The fourth-order valence-electron chi connectivity index (χ4n) is 3.89. The Morgan fingerprint density at radius 1 is 1.20 bits per heavy atom. The number of nitrogens with zero attached hydrogens (tertiary/aromatic N) is 1.